The number of carbonyl (C=O) groups is 3. The summed E-state index contributed by atoms with van der Waals surface area (Å²) in [6.45, 7) is 3.59. The summed E-state index contributed by atoms with van der Waals surface area (Å²) in [7, 11) is 0. The minimum Gasteiger partial charge on any atom is -0.478 e. The van der Waals surface area contributed by atoms with Crippen LogP contribution in [0.5, 0.6) is 0 Å². The molecule has 0 aromatic heterocycles. The fraction of sp³-hybridized carbons (Fsp3) is 0.550. The number of amides is 2. The Morgan fingerprint density at radius 2 is 1.71 bits per heavy atom. The summed E-state index contributed by atoms with van der Waals surface area (Å²) in [5.41, 5.74) is -0.168. The number of aromatic carboxylic acids is 1. The summed E-state index contributed by atoms with van der Waals surface area (Å²) in [6, 6.07) is 3.23. The van der Waals surface area contributed by atoms with E-state index in [0.29, 0.717) is 36.8 Å². The predicted octanol–water partition coefficient (Wildman–Crippen LogP) is 2.13. The summed E-state index contributed by atoms with van der Waals surface area (Å²) in [5, 5.41) is 9.59. The van der Waals surface area contributed by atoms with Crippen LogP contribution in [0.15, 0.2) is 18.2 Å². The quantitative estimate of drug-likeness (QED) is 0.767. The molecular formula is C20H24F3N3O5. The third kappa shape index (κ3) is 5.09. The fourth-order valence-electron chi connectivity index (χ4n) is 3.93. The zero-order valence-corrected chi connectivity index (χ0v) is 17.0. The number of carbonyl (C=O) groups excluding carboxylic acids is 2. The molecule has 2 aliphatic heterocycles. The van der Waals surface area contributed by atoms with E-state index in [2.05, 4.69) is 0 Å². The van der Waals surface area contributed by atoms with Gasteiger partial charge in [0.05, 0.1) is 11.3 Å². The van der Waals surface area contributed by atoms with Crippen LogP contribution >= 0.6 is 0 Å². The first kappa shape index (κ1) is 22.9. The van der Waals surface area contributed by atoms with Gasteiger partial charge in [-0.05, 0) is 31.0 Å². The SMILES string of the molecule is CC(=O)N1CCN(c2ccc(C(=O)O)c(N(C(=O)C(F)(F)F)C3CCOCC3)c2)CC1. The molecule has 170 valence electrons. The second-order valence-corrected chi connectivity index (χ2v) is 7.52. The van der Waals surface area contributed by atoms with Crippen molar-refractivity contribution >= 4 is 29.2 Å². The number of piperazine rings is 1. The molecule has 0 spiro atoms. The minimum atomic E-state index is -5.16. The van der Waals surface area contributed by atoms with E-state index in [-0.39, 0.29) is 43.2 Å². The number of carboxylic acid groups (broad SMARTS) is 1. The van der Waals surface area contributed by atoms with Crippen LogP contribution in [0.1, 0.15) is 30.1 Å². The maximum Gasteiger partial charge on any atom is 0.471 e. The van der Waals surface area contributed by atoms with E-state index in [4.69, 9.17) is 4.74 Å². The Kier molecular flexibility index (Phi) is 6.73. The Balaban J connectivity index is 2.00. The van der Waals surface area contributed by atoms with Gasteiger partial charge in [0.1, 0.15) is 0 Å². The first-order valence-corrected chi connectivity index (χ1v) is 9.95. The van der Waals surface area contributed by atoms with Crippen molar-refractivity contribution in [2.45, 2.75) is 32.0 Å². The van der Waals surface area contributed by atoms with Crippen molar-refractivity contribution in [2.24, 2.45) is 0 Å². The number of halogens is 3. The van der Waals surface area contributed by atoms with Crippen LogP contribution in [-0.4, -0.2) is 79.4 Å². The number of nitrogens with zero attached hydrogens (tertiary/aromatic N) is 3. The lowest BCUT2D eigenvalue weighted by Gasteiger charge is -2.38. The molecule has 2 fully saturated rings. The maximum absolute atomic E-state index is 13.4. The first-order chi connectivity index (χ1) is 14.6. The highest BCUT2D eigenvalue weighted by atomic mass is 19.4. The molecule has 0 aliphatic carbocycles. The van der Waals surface area contributed by atoms with Gasteiger partial charge >= 0.3 is 18.1 Å². The lowest BCUT2D eigenvalue weighted by molar-refractivity contribution is -0.171. The third-order valence-corrected chi connectivity index (χ3v) is 5.58. The highest BCUT2D eigenvalue weighted by Gasteiger charge is 2.46. The normalized spacial score (nSPS) is 18.1. The van der Waals surface area contributed by atoms with E-state index in [0.717, 1.165) is 0 Å². The van der Waals surface area contributed by atoms with Crippen LogP contribution in [0.25, 0.3) is 0 Å². The Hall–Kier alpha value is -2.82. The molecule has 1 aromatic rings. The predicted molar refractivity (Wildman–Crippen MR) is 105 cm³/mol. The lowest BCUT2D eigenvalue weighted by atomic mass is 10.0. The summed E-state index contributed by atoms with van der Waals surface area (Å²) >= 11 is 0. The third-order valence-electron chi connectivity index (χ3n) is 5.58. The van der Waals surface area contributed by atoms with Gasteiger partial charge in [0.25, 0.3) is 0 Å². The molecule has 2 aliphatic rings. The van der Waals surface area contributed by atoms with Crippen LogP contribution < -0.4 is 9.80 Å². The van der Waals surface area contributed by atoms with Crippen LogP contribution in [0.4, 0.5) is 24.5 Å². The molecule has 11 heteroatoms. The molecule has 0 atom stereocenters. The number of carboxylic acids is 1. The number of ether oxygens (including phenoxy) is 1. The van der Waals surface area contributed by atoms with Gasteiger partial charge in [-0.15, -0.1) is 0 Å². The Morgan fingerprint density at radius 1 is 1.10 bits per heavy atom. The monoisotopic (exact) mass is 443 g/mol. The van der Waals surface area contributed by atoms with Crippen molar-refractivity contribution in [3.05, 3.63) is 23.8 Å². The van der Waals surface area contributed by atoms with Crippen molar-refractivity contribution in [3.8, 4) is 0 Å². The van der Waals surface area contributed by atoms with Crippen molar-refractivity contribution in [1.29, 1.82) is 0 Å². The lowest BCUT2D eigenvalue weighted by Crippen LogP contribution is -2.50. The summed E-state index contributed by atoms with van der Waals surface area (Å²) < 4.78 is 45.5. The van der Waals surface area contributed by atoms with E-state index in [9.17, 15) is 32.7 Å². The largest absolute Gasteiger partial charge is 0.478 e. The standard InChI is InChI=1S/C20H24F3N3O5/c1-13(27)24-6-8-25(9-7-24)15-2-3-16(18(28)29)17(12-15)26(19(30)20(21,22)23)14-4-10-31-11-5-14/h2-3,12,14H,4-11H2,1H3,(H,28,29). The van der Waals surface area contributed by atoms with E-state index in [1.807, 2.05) is 4.90 Å². The molecule has 2 saturated heterocycles. The molecule has 8 nitrogen and oxygen atoms in total. The number of rotatable bonds is 4. The van der Waals surface area contributed by atoms with E-state index in [1.54, 1.807) is 4.90 Å². The molecule has 0 saturated carbocycles. The molecule has 0 radical (unpaired) electrons. The van der Waals surface area contributed by atoms with E-state index in [1.165, 1.54) is 25.1 Å². The van der Waals surface area contributed by atoms with Crippen molar-refractivity contribution in [1.82, 2.24) is 4.90 Å². The maximum atomic E-state index is 13.4. The Labute approximate surface area is 177 Å². The second-order valence-electron chi connectivity index (χ2n) is 7.52. The zero-order chi connectivity index (χ0) is 22.8. The number of anilines is 2. The van der Waals surface area contributed by atoms with Crippen LogP contribution in [0.2, 0.25) is 0 Å². The van der Waals surface area contributed by atoms with Gasteiger partial charge in [-0.2, -0.15) is 13.2 Å². The smallest absolute Gasteiger partial charge is 0.471 e. The molecule has 3 rings (SSSR count). The molecule has 2 amide bonds. The van der Waals surface area contributed by atoms with Gasteiger partial charge < -0.3 is 24.5 Å². The highest BCUT2D eigenvalue weighted by molar-refractivity contribution is 6.05. The average molecular weight is 443 g/mol. The Morgan fingerprint density at radius 3 is 2.23 bits per heavy atom. The van der Waals surface area contributed by atoms with Gasteiger partial charge in [0, 0.05) is 58.0 Å². The molecule has 0 bridgehead atoms. The first-order valence-electron chi connectivity index (χ1n) is 9.95. The summed E-state index contributed by atoms with van der Waals surface area (Å²) in [6.07, 6.45) is -4.82. The zero-order valence-electron chi connectivity index (χ0n) is 17.0. The van der Waals surface area contributed by atoms with Crippen molar-refractivity contribution in [2.75, 3.05) is 49.2 Å². The average Bonchev–Trinajstić information content (AvgIpc) is 2.74. The molecular weight excluding hydrogens is 419 g/mol. The fourth-order valence-corrected chi connectivity index (χ4v) is 3.93. The topological polar surface area (TPSA) is 90.4 Å². The molecule has 2 heterocycles. The van der Waals surface area contributed by atoms with Crippen molar-refractivity contribution < 1.29 is 37.4 Å². The number of benzene rings is 1. The van der Waals surface area contributed by atoms with Crippen LogP contribution in [0.3, 0.4) is 0 Å². The van der Waals surface area contributed by atoms with Crippen LogP contribution in [0, 0.1) is 0 Å². The number of hydrogen-bond donors (Lipinski definition) is 1. The van der Waals surface area contributed by atoms with Gasteiger partial charge in [0.15, 0.2) is 0 Å². The molecule has 1 aromatic carbocycles. The van der Waals surface area contributed by atoms with Gasteiger partial charge in [-0.1, -0.05) is 0 Å². The molecule has 1 N–H and O–H groups in total. The summed E-state index contributed by atoms with van der Waals surface area (Å²) in [4.78, 5) is 39.8. The second kappa shape index (κ2) is 9.13. The van der Waals surface area contributed by atoms with Crippen LogP contribution in [-0.2, 0) is 14.3 Å². The Bertz CT molecular complexity index is 847. The molecule has 0 unspecified atom stereocenters. The van der Waals surface area contributed by atoms with E-state index >= 15 is 0 Å². The van der Waals surface area contributed by atoms with Crippen molar-refractivity contribution in [3.63, 3.8) is 0 Å². The van der Waals surface area contributed by atoms with Gasteiger partial charge in [0.2, 0.25) is 5.91 Å². The summed E-state index contributed by atoms with van der Waals surface area (Å²) in [5.74, 6) is -3.58. The number of hydrogen-bond acceptors (Lipinski definition) is 5. The van der Waals surface area contributed by atoms with E-state index < -0.39 is 24.1 Å². The van der Waals surface area contributed by atoms with Gasteiger partial charge in [-0.25, -0.2) is 4.79 Å². The highest BCUT2D eigenvalue weighted by Crippen LogP contribution is 2.34. The molecule has 31 heavy (non-hydrogen) atoms. The number of alkyl halides is 3. The van der Waals surface area contributed by atoms with Gasteiger partial charge in [-0.3, -0.25) is 9.59 Å². The minimum absolute atomic E-state index is 0.0666.